The van der Waals surface area contributed by atoms with Crippen LogP contribution in [0.3, 0.4) is 0 Å². The molecule has 0 spiro atoms. The first-order valence-electron chi connectivity index (χ1n) is 12.1. The van der Waals surface area contributed by atoms with Crippen molar-refractivity contribution in [3.8, 4) is 11.4 Å². The summed E-state index contributed by atoms with van der Waals surface area (Å²) in [6.45, 7) is 9.56. The van der Waals surface area contributed by atoms with Crippen LogP contribution in [0.2, 0.25) is 0 Å². The molecular formula is C28H29BrN4O4. The smallest absolute Gasteiger partial charge is 0.344 e. The van der Waals surface area contributed by atoms with Crippen LogP contribution in [0, 0.1) is 13.8 Å². The Balaban J connectivity index is 1.72. The van der Waals surface area contributed by atoms with Gasteiger partial charge in [-0.15, -0.1) is 0 Å². The van der Waals surface area contributed by atoms with Gasteiger partial charge in [0.25, 0.3) is 5.56 Å². The molecule has 2 aromatic carbocycles. The summed E-state index contributed by atoms with van der Waals surface area (Å²) in [7, 11) is 0. The zero-order chi connectivity index (χ0) is 26.9. The van der Waals surface area contributed by atoms with Crippen molar-refractivity contribution < 1.29 is 14.6 Å². The Hall–Kier alpha value is -3.72. The number of aromatic nitrogens is 3. The zero-order valence-electron chi connectivity index (χ0n) is 21.4. The molecule has 0 amide bonds. The first-order chi connectivity index (χ1) is 17.6. The number of carboxylic acids is 1. The Labute approximate surface area is 223 Å². The molecule has 192 valence electrons. The number of aryl methyl sites for hydroxylation is 1. The van der Waals surface area contributed by atoms with E-state index in [1.54, 1.807) is 24.4 Å². The van der Waals surface area contributed by atoms with Crippen molar-refractivity contribution in [1.29, 1.82) is 0 Å². The van der Waals surface area contributed by atoms with Gasteiger partial charge in [0.1, 0.15) is 11.6 Å². The second-order valence-corrected chi connectivity index (χ2v) is 9.97. The maximum atomic E-state index is 13.4. The van der Waals surface area contributed by atoms with E-state index in [1.165, 1.54) is 11.6 Å². The van der Waals surface area contributed by atoms with Gasteiger partial charge < -0.3 is 14.4 Å². The number of aliphatic carboxylic acids is 1. The third-order valence-electron chi connectivity index (χ3n) is 6.42. The molecule has 0 aliphatic heterocycles. The normalized spacial score (nSPS) is 13.2. The number of nitrogens with zero attached hydrogens (tertiary/aromatic N) is 4. The van der Waals surface area contributed by atoms with Crippen LogP contribution in [0.25, 0.3) is 16.6 Å². The predicted octanol–water partition coefficient (Wildman–Crippen LogP) is 5.81. The number of benzene rings is 2. The van der Waals surface area contributed by atoms with Gasteiger partial charge in [-0.25, -0.2) is 9.78 Å². The van der Waals surface area contributed by atoms with Gasteiger partial charge in [0.05, 0.1) is 17.1 Å². The molecule has 9 heteroatoms. The molecule has 0 aliphatic carbocycles. The van der Waals surface area contributed by atoms with Crippen LogP contribution in [-0.2, 0) is 4.79 Å². The van der Waals surface area contributed by atoms with E-state index in [0.717, 1.165) is 33.5 Å². The lowest BCUT2D eigenvalue weighted by molar-refractivity contribution is -0.144. The third kappa shape index (κ3) is 5.36. The second kappa shape index (κ2) is 10.7. The van der Waals surface area contributed by atoms with Crippen molar-refractivity contribution >= 4 is 39.0 Å². The molecule has 0 saturated carbocycles. The Morgan fingerprint density at radius 2 is 1.86 bits per heavy atom. The van der Waals surface area contributed by atoms with E-state index in [2.05, 4.69) is 32.5 Å². The summed E-state index contributed by atoms with van der Waals surface area (Å²) in [5.41, 5.74) is 4.15. The standard InChI is InChI=1S/C28H29BrN4O4/c1-6-16(2)26-31-25-12-7-21(29)14-24(25)27(34)33(26)30-15-20-13-17(3)32(18(20)4)22-8-10-23(11-9-22)37-19(5)28(35)36/h7-16,19H,6H2,1-5H3,(H,35,36)/t16-,19+/m0/s1. The topological polar surface area (TPSA) is 98.7 Å². The summed E-state index contributed by atoms with van der Waals surface area (Å²) in [6.07, 6.45) is 1.59. The maximum Gasteiger partial charge on any atom is 0.344 e. The van der Waals surface area contributed by atoms with Crippen LogP contribution in [-0.4, -0.2) is 37.6 Å². The number of ether oxygens (including phenoxy) is 1. The lowest BCUT2D eigenvalue weighted by Gasteiger charge is -2.14. The van der Waals surface area contributed by atoms with Gasteiger partial charge in [-0.2, -0.15) is 9.78 Å². The van der Waals surface area contributed by atoms with Crippen molar-refractivity contribution in [1.82, 2.24) is 14.2 Å². The molecule has 0 fully saturated rings. The average Bonchev–Trinajstić information content (AvgIpc) is 3.16. The highest BCUT2D eigenvalue weighted by atomic mass is 79.9. The first-order valence-corrected chi connectivity index (χ1v) is 12.8. The van der Waals surface area contributed by atoms with E-state index in [-0.39, 0.29) is 11.5 Å². The molecule has 2 aromatic heterocycles. The minimum absolute atomic E-state index is 0.0508. The van der Waals surface area contributed by atoms with Gasteiger partial charge in [-0.1, -0.05) is 29.8 Å². The van der Waals surface area contributed by atoms with E-state index < -0.39 is 12.1 Å². The minimum atomic E-state index is -1.02. The van der Waals surface area contributed by atoms with Crippen molar-refractivity contribution in [2.45, 2.75) is 53.1 Å². The van der Waals surface area contributed by atoms with Crippen LogP contribution in [0.1, 0.15) is 55.9 Å². The molecule has 4 rings (SSSR count). The summed E-state index contributed by atoms with van der Waals surface area (Å²) >= 11 is 3.44. The quantitative estimate of drug-likeness (QED) is 0.272. The molecule has 2 heterocycles. The fraction of sp³-hybridized carbons (Fsp3) is 0.286. The van der Waals surface area contributed by atoms with E-state index in [9.17, 15) is 9.59 Å². The number of hydrogen-bond acceptors (Lipinski definition) is 5. The summed E-state index contributed by atoms with van der Waals surface area (Å²) in [5, 5.41) is 14.2. The van der Waals surface area contributed by atoms with Crippen molar-refractivity contribution in [3.63, 3.8) is 0 Å². The molecular weight excluding hydrogens is 536 g/mol. The Morgan fingerprint density at radius 1 is 1.16 bits per heavy atom. The number of rotatable bonds is 8. The summed E-state index contributed by atoms with van der Waals surface area (Å²) in [4.78, 5) is 29.2. The van der Waals surface area contributed by atoms with Gasteiger partial charge in [-0.3, -0.25) is 4.79 Å². The Kier molecular flexibility index (Phi) is 7.63. The first kappa shape index (κ1) is 26.3. The van der Waals surface area contributed by atoms with Crippen molar-refractivity contribution in [2.75, 3.05) is 0 Å². The molecule has 0 radical (unpaired) electrons. The summed E-state index contributed by atoms with van der Waals surface area (Å²) < 4.78 is 9.72. The highest BCUT2D eigenvalue weighted by Crippen LogP contribution is 2.24. The lowest BCUT2D eigenvalue weighted by atomic mass is 10.1. The van der Waals surface area contributed by atoms with Gasteiger partial charge in [0, 0.05) is 33.0 Å². The molecule has 8 nitrogen and oxygen atoms in total. The van der Waals surface area contributed by atoms with Crippen molar-refractivity contribution in [2.24, 2.45) is 5.10 Å². The SMILES string of the molecule is CC[C@H](C)c1nc2ccc(Br)cc2c(=O)n1N=Cc1cc(C)n(-c2ccc(O[C@H](C)C(=O)O)cc2)c1C. The second-order valence-electron chi connectivity index (χ2n) is 9.06. The fourth-order valence-corrected chi connectivity index (χ4v) is 4.50. The molecule has 0 saturated heterocycles. The molecule has 37 heavy (non-hydrogen) atoms. The van der Waals surface area contributed by atoms with Crippen molar-refractivity contribution in [3.05, 3.63) is 86.1 Å². The van der Waals surface area contributed by atoms with Gasteiger partial charge in [0.2, 0.25) is 0 Å². The monoisotopic (exact) mass is 564 g/mol. The molecule has 2 atom stereocenters. The van der Waals surface area contributed by atoms with E-state index in [0.29, 0.717) is 22.5 Å². The Bertz CT molecular complexity index is 1550. The molecule has 1 N–H and O–H groups in total. The van der Waals surface area contributed by atoms with Gasteiger partial charge in [-0.05, 0) is 75.7 Å². The average molecular weight is 565 g/mol. The number of halogens is 1. The third-order valence-corrected chi connectivity index (χ3v) is 6.92. The Morgan fingerprint density at radius 3 is 2.51 bits per heavy atom. The highest BCUT2D eigenvalue weighted by Gasteiger charge is 2.17. The molecule has 4 aromatic rings. The number of fused-ring (bicyclic) bond motifs is 1. The fourth-order valence-electron chi connectivity index (χ4n) is 4.14. The van der Waals surface area contributed by atoms with E-state index >= 15 is 0 Å². The van der Waals surface area contributed by atoms with Crippen LogP contribution >= 0.6 is 15.9 Å². The van der Waals surface area contributed by atoms with Crippen LogP contribution in [0.15, 0.2) is 62.9 Å². The number of hydrogen-bond donors (Lipinski definition) is 1. The minimum Gasteiger partial charge on any atom is -0.479 e. The molecule has 0 aliphatic rings. The predicted molar refractivity (Wildman–Crippen MR) is 148 cm³/mol. The van der Waals surface area contributed by atoms with Gasteiger partial charge >= 0.3 is 5.97 Å². The van der Waals surface area contributed by atoms with E-state index in [4.69, 9.17) is 14.8 Å². The maximum absolute atomic E-state index is 13.4. The van der Waals surface area contributed by atoms with Crippen LogP contribution < -0.4 is 10.3 Å². The highest BCUT2D eigenvalue weighted by molar-refractivity contribution is 9.10. The number of carbonyl (C=O) groups is 1. The largest absolute Gasteiger partial charge is 0.479 e. The van der Waals surface area contributed by atoms with E-state index in [1.807, 2.05) is 51.1 Å². The molecule has 0 unspecified atom stereocenters. The molecule has 0 bridgehead atoms. The summed E-state index contributed by atoms with van der Waals surface area (Å²) in [5.74, 6) is 0.138. The van der Waals surface area contributed by atoms with Crippen LogP contribution in [0.4, 0.5) is 0 Å². The lowest BCUT2D eigenvalue weighted by Crippen LogP contribution is -2.23. The van der Waals surface area contributed by atoms with Crippen LogP contribution in [0.5, 0.6) is 5.75 Å². The van der Waals surface area contributed by atoms with Gasteiger partial charge in [0.15, 0.2) is 6.10 Å². The zero-order valence-corrected chi connectivity index (χ0v) is 23.0. The summed E-state index contributed by atoms with van der Waals surface area (Å²) in [6, 6.07) is 14.7. The number of carboxylic acid groups (broad SMARTS) is 1.